The number of hydrogen-bond donors (Lipinski definition) is 1. The summed E-state index contributed by atoms with van der Waals surface area (Å²) in [6.07, 6.45) is 0.903. The van der Waals surface area contributed by atoms with Crippen molar-refractivity contribution in [3.05, 3.63) is 170 Å². The first kappa shape index (κ1) is 27.8. The molecular weight excluding hydrogens is 593 g/mol. The van der Waals surface area contributed by atoms with E-state index in [0.717, 1.165) is 11.9 Å². The zero-order valence-corrected chi connectivity index (χ0v) is 27.2. The van der Waals surface area contributed by atoms with Crippen LogP contribution in [0.15, 0.2) is 164 Å². The van der Waals surface area contributed by atoms with Gasteiger partial charge in [0.05, 0.1) is 0 Å². The Morgan fingerprint density at radius 3 is 1.88 bits per heavy atom. The van der Waals surface area contributed by atoms with Gasteiger partial charge in [-0.1, -0.05) is 146 Å². The van der Waals surface area contributed by atoms with Crippen molar-refractivity contribution in [3.63, 3.8) is 0 Å². The quantitative estimate of drug-likeness (QED) is 0.184. The first-order valence-corrected chi connectivity index (χ1v) is 17.2. The fourth-order valence-electron chi connectivity index (χ4n) is 8.33. The van der Waals surface area contributed by atoms with Crippen LogP contribution in [0.25, 0.3) is 93.9 Å². The van der Waals surface area contributed by atoms with Gasteiger partial charge >= 0.3 is 0 Å². The van der Waals surface area contributed by atoms with Crippen LogP contribution < -0.4 is 4.57 Å². The average Bonchev–Trinajstić information content (AvgIpc) is 3.72. The van der Waals surface area contributed by atoms with Gasteiger partial charge in [0, 0.05) is 11.8 Å². The van der Waals surface area contributed by atoms with E-state index in [1.807, 2.05) is 0 Å². The number of H-pyrrole nitrogens is 1. The molecule has 8 aromatic carbocycles. The molecule has 2 heteroatoms. The van der Waals surface area contributed by atoms with Gasteiger partial charge in [-0.15, -0.1) is 0 Å². The minimum atomic E-state index is 0.903. The number of rotatable bonds is 5. The third-order valence-electron chi connectivity index (χ3n) is 10.4. The van der Waals surface area contributed by atoms with E-state index >= 15 is 0 Å². The zero-order valence-electron chi connectivity index (χ0n) is 27.2. The van der Waals surface area contributed by atoms with Gasteiger partial charge in [-0.25, -0.2) is 4.98 Å². The van der Waals surface area contributed by atoms with Crippen LogP contribution in [-0.2, 0) is 6.42 Å². The Balaban J connectivity index is 1.35. The average molecular weight is 626 g/mol. The van der Waals surface area contributed by atoms with Gasteiger partial charge in [-0.3, -0.25) is 0 Å². The molecule has 0 fully saturated rings. The van der Waals surface area contributed by atoms with Crippen molar-refractivity contribution in [2.75, 3.05) is 0 Å². The van der Waals surface area contributed by atoms with E-state index in [1.54, 1.807) is 0 Å². The SMILES string of the molecule is CCc1[nH]c2ccccc2[n+]1-c1cccc2c(-c3cc(-c4ccccc4)c4c(c3-c3ccccc3)-c3cccc5cccc-4c35)cccc12. The van der Waals surface area contributed by atoms with Crippen molar-refractivity contribution in [2.45, 2.75) is 13.3 Å². The number of hydrogen-bond acceptors (Lipinski definition) is 0. The molecule has 9 aromatic rings. The lowest BCUT2D eigenvalue weighted by Crippen LogP contribution is -2.34. The Hall–Kier alpha value is -6.25. The van der Waals surface area contributed by atoms with Crippen LogP contribution in [0.1, 0.15) is 12.7 Å². The number of imidazole rings is 1. The lowest BCUT2D eigenvalue weighted by atomic mass is 9.81. The third-order valence-corrected chi connectivity index (χ3v) is 10.4. The molecule has 1 aliphatic carbocycles. The second-order valence-electron chi connectivity index (χ2n) is 13.0. The van der Waals surface area contributed by atoms with E-state index in [9.17, 15) is 0 Å². The van der Waals surface area contributed by atoms with E-state index in [4.69, 9.17) is 0 Å². The molecular formula is C47H33N2+. The maximum atomic E-state index is 3.69. The molecule has 0 amide bonds. The van der Waals surface area contributed by atoms with Crippen LogP contribution in [0.4, 0.5) is 0 Å². The molecule has 0 bridgehead atoms. The van der Waals surface area contributed by atoms with Gasteiger partial charge in [-0.05, 0) is 96.1 Å². The fraction of sp³-hybridized carbons (Fsp3) is 0.0426. The maximum absolute atomic E-state index is 3.69. The van der Waals surface area contributed by atoms with Gasteiger partial charge in [-0.2, -0.15) is 4.57 Å². The molecule has 1 aliphatic rings. The first-order valence-electron chi connectivity index (χ1n) is 17.2. The summed E-state index contributed by atoms with van der Waals surface area (Å²) in [5, 5.41) is 5.10. The van der Waals surface area contributed by atoms with E-state index in [1.165, 1.54) is 94.2 Å². The number of benzene rings is 8. The van der Waals surface area contributed by atoms with Crippen molar-refractivity contribution < 1.29 is 4.57 Å². The highest BCUT2D eigenvalue weighted by Gasteiger charge is 2.31. The molecule has 0 unspecified atom stereocenters. The lowest BCUT2D eigenvalue weighted by Gasteiger charge is -2.22. The third kappa shape index (κ3) is 4.11. The molecule has 0 aliphatic heterocycles. The molecule has 1 aromatic heterocycles. The number of aromatic nitrogens is 2. The van der Waals surface area contributed by atoms with E-state index < -0.39 is 0 Å². The highest BCUT2D eigenvalue weighted by atomic mass is 15.1. The predicted molar refractivity (Wildman–Crippen MR) is 205 cm³/mol. The number of aromatic amines is 1. The van der Waals surface area contributed by atoms with Crippen molar-refractivity contribution in [3.8, 4) is 61.3 Å². The summed E-state index contributed by atoms with van der Waals surface area (Å²) in [5.74, 6) is 1.19. The Morgan fingerprint density at radius 2 is 1.10 bits per heavy atom. The number of nitrogens with zero attached hydrogens (tertiary/aromatic N) is 1. The monoisotopic (exact) mass is 625 g/mol. The molecule has 0 spiro atoms. The molecule has 1 heterocycles. The summed E-state index contributed by atoms with van der Waals surface area (Å²) < 4.78 is 2.41. The predicted octanol–water partition coefficient (Wildman–Crippen LogP) is 12.0. The minimum absolute atomic E-state index is 0.903. The van der Waals surface area contributed by atoms with E-state index in [-0.39, 0.29) is 0 Å². The summed E-state index contributed by atoms with van der Waals surface area (Å²) in [6.45, 7) is 2.22. The van der Waals surface area contributed by atoms with Gasteiger partial charge in [0.25, 0.3) is 5.82 Å². The second-order valence-corrected chi connectivity index (χ2v) is 13.0. The van der Waals surface area contributed by atoms with Crippen LogP contribution in [0, 0.1) is 0 Å². The number of nitrogens with one attached hydrogen (secondary N) is 1. The molecule has 2 nitrogen and oxygen atoms in total. The molecule has 0 radical (unpaired) electrons. The maximum Gasteiger partial charge on any atom is 0.260 e. The fourth-order valence-corrected chi connectivity index (χ4v) is 8.33. The molecule has 10 rings (SSSR count). The molecule has 0 atom stereocenters. The van der Waals surface area contributed by atoms with Crippen molar-refractivity contribution in [2.24, 2.45) is 0 Å². The Morgan fingerprint density at radius 1 is 0.469 bits per heavy atom. The second kappa shape index (κ2) is 10.9. The Kier molecular flexibility index (Phi) is 6.19. The summed E-state index contributed by atoms with van der Waals surface area (Å²) in [5.41, 5.74) is 16.3. The Labute approximate surface area is 285 Å². The van der Waals surface area contributed by atoms with Crippen molar-refractivity contribution in [1.82, 2.24) is 4.98 Å². The largest absolute Gasteiger partial charge is 0.260 e. The van der Waals surface area contributed by atoms with Crippen LogP contribution in [-0.4, -0.2) is 4.98 Å². The highest BCUT2D eigenvalue weighted by molar-refractivity contribution is 6.23. The van der Waals surface area contributed by atoms with E-state index in [0.29, 0.717) is 0 Å². The molecule has 1 N–H and O–H groups in total. The summed E-state index contributed by atoms with van der Waals surface area (Å²) in [7, 11) is 0. The zero-order chi connectivity index (χ0) is 32.5. The first-order chi connectivity index (χ1) is 24.3. The van der Waals surface area contributed by atoms with Crippen molar-refractivity contribution >= 4 is 32.6 Å². The molecule has 49 heavy (non-hydrogen) atoms. The topological polar surface area (TPSA) is 19.7 Å². The number of para-hydroxylation sites is 2. The van der Waals surface area contributed by atoms with Gasteiger partial charge in [0.15, 0.2) is 11.0 Å². The smallest absolute Gasteiger partial charge is 0.240 e. The van der Waals surface area contributed by atoms with Crippen LogP contribution in [0.3, 0.4) is 0 Å². The summed E-state index contributed by atoms with van der Waals surface area (Å²) in [6, 6.07) is 60.2. The summed E-state index contributed by atoms with van der Waals surface area (Å²) in [4.78, 5) is 3.69. The molecule has 0 saturated carbocycles. The van der Waals surface area contributed by atoms with Crippen LogP contribution in [0.2, 0.25) is 0 Å². The number of aryl methyl sites for hydroxylation is 1. The highest BCUT2D eigenvalue weighted by Crippen LogP contribution is 2.57. The van der Waals surface area contributed by atoms with Crippen LogP contribution >= 0.6 is 0 Å². The van der Waals surface area contributed by atoms with Crippen LogP contribution in [0.5, 0.6) is 0 Å². The van der Waals surface area contributed by atoms with E-state index in [2.05, 4.69) is 180 Å². The summed E-state index contributed by atoms with van der Waals surface area (Å²) >= 11 is 0. The number of fused-ring (bicyclic) bond motifs is 5. The van der Waals surface area contributed by atoms with Crippen molar-refractivity contribution in [1.29, 1.82) is 0 Å². The normalized spacial score (nSPS) is 11.9. The molecule has 0 saturated heterocycles. The standard InChI is InChI=1S/C47H32N2/c1-2-43-48-40-26-9-10-27-42(40)49(43)41-28-14-22-33-34(21-13-23-35(33)41)39-29-38(30-15-5-3-6-16-30)46-36-24-11-19-31-20-12-25-37(44(31)36)47(46)45(39)32-17-7-4-8-18-32/h3-29H,2H2,1H3/p+1. The van der Waals surface area contributed by atoms with Gasteiger partial charge in [0.2, 0.25) is 0 Å². The Bertz CT molecular complexity index is 2730. The minimum Gasteiger partial charge on any atom is -0.240 e. The molecule has 230 valence electrons. The van der Waals surface area contributed by atoms with Gasteiger partial charge < -0.3 is 0 Å². The lowest BCUT2D eigenvalue weighted by molar-refractivity contribution is -0.574. The van der Waals surface area contributed by atoms with Gasteiger partial charge in [0.1, 0.15) is 5.69 Å².